The Morgan fingerprint density at radius 1 is 0.258 bits per heavy atom. The Morgan fingerprint density at radius 3 is 0.978 bits per heavy atom. The van der Waals surface area contributed by atoms with Gasteiger partial charge in [0.1, 0.15) is 0 Å². The molecule has 6 atom stereocenters. The first-order valence-electron chi connectivity index (χ1n) is 33.6. The summed E-state index contributed by atoms with van der Waals surface area (Å²) in [5, 5.41) is 10.5. The lowest BCUT2D eigenvalue weighted by Gasteiger charge is -2.50. The molecule has 3 aliphatic heterocycles. The van der Waals surface area contributed by atoms with Crippen molar-refractivity contribution in [3.05, 3.63) is 241 Å². The van der Waals surface area contributed by atoms with Crippen LogP contribution in [-0.2, 0) is 16.2 Å². The number of hydrogen-bond acceptors (Lipinski definition) is 3. The van der Waals surface area contributed by atoms with Crippen LogP contribution in [0.5, 0.6) is 0 Å². The molecule has 0 aromatic heterocycles. The monoisotopic (exact) mass is 1150 g/mol. The van der Waals surface area contributed by atoms with Gasteiger partial charge < -0.3 is 14.7 Å². The highest BCUT2D eigenvalue weighted by atomic mass is 15.3. The van der Waals surface area contributed by atoms with Crippen molar-refractivity contribution in [1.29, 1.82) is 0 Å². The smallest absolute Gasteiger partial charge is 0.0517 e. The standard InChI is InChI=1S/C86H79N3/c1-81-45-18-21-48-84(81,4)87(60-27-10-7-11-28-60)76-42-35-57(51-73(76)81)69-54-70(58-36-43-77-74(52-58)82(2)46-19-22-49-85(82,5)88(77)61-29-12-8-13-30-61)66-40-41-68-72(64-34-24-26-56-25-16-17-33-63(56)64)55-71(67-39-38-65(69)79(66)80(67)68)59-37-44-78-75(53-59)83(3)47-20-23-50-86(83,6)89(78)62-31-14-9-15-32-62/h7-17,24-44,51-55H,18-23,45-50H2,1-6H3. The Kier molecular flexibility index (Phi) is 11.4. The van der Waals surface area contributed by atoms with Crippen molar-refractivity contribution in [3.63, 3.8) is 0 Å². The van der Waals surface area contributed by atoms with Crippen LogP contribution in [0.4, 0.5) is 34.1 Å². The van der Waals surface area contributed by atoms with E-state index in [-0.39, 0.29) is 32.9 Å². The molecule has 6 aliphatic rings. The SMILES string of the molecule is CC12CCCCC1(C)N(c1ccccc1)c1ccc(-c3cc(-c4ccc5c(c4)C4(C)CCCCC4(C)N5c4ccccc4)c4ccc5c(-c6cccc7ccccc67)cc(-c6ccc7c(c6)C6(C)CCCCC6(C)N7c6ccccc6)c6ccc3c4c65)cc12. The van der Waals surface area contributed by atoms with E-state index in [0.717, 1.165) is 0 Å². The van der Waals surface area contributed by atoms with Crippen LogP contribution in [0.1, 0.15) is 135 Å². The van der Waals surface area contributed by atoms with Gasteiger partial charge in [0.05, 0.1) is 16.6 Å². The summed E-state index contributed by atoms with van der Waals surface area (Å²) in [5.74, 6) is 0. The Labute approximate surface area is 526 Å². The fourth-order valence-corrected chi connectivity index (χ4v) is 20.0. The summed E-state index contributed by atoms with van der Waals surface area (Å²) in [4.78, 5) is 8.18. The molecule has 18 rings (SSSR count). The normalized spacial score (nSPS) is 26.0. The fraction of sp³-hybridized carbons (Fsp3) is 0.279. The molecule has 89 heavy (non-hydrogen) atoms. The molecule has 438 valence electrons. The number of benzene rings is 12. The first kappa shape index (κ1) is 53.4. The Morgan fingerprint density at radius 2 is 0.584 bits per heavy atom. The second-order valence-corrected chi connectivity index (χ2v) is 29.2. The molecular formula is C86H79N3. The van der Waals surface area contributed by atoms with Crippen LogP contribution in [0.25, 0.3) is 87.6 Å². The molecule has 0 spiro atoms. The number of nitrogens with zero attached hydrogens (tertiary/aromatic N) is 3. The van der Waals surface area contributed by atoms with Crippen molar-refractivity contribution in [3.8, 4) is 44.5 Å². The Bertz CT molecular complexity index is 4720. The largest absolute Gasteiger partial charge is 0.334 e. The van der Waals surface area contributed by atoms with Gasteiger partial charge in [-0.3, -0.25) is 0 Å². The molecule has 0 bridgehead atoms. The van der Waals surface area contributed by atoms with Crippen molar-refractivity contribution in [1.82, 2.24) is 0 Å². The molecule has 0 radical (unpaired) electrons. The van der Waals surface area contributed by atoms with E-state index >= 15 is 0 Å². The summed E-state index contributed by atoms with van der Waals surface area (Å²) in [5.41, 5.74) is 22.6. The number of anilines is 6. The fourth-order valence-electron chi connectivity index (χ4n) is 20.0. The summed E-state index contributed by atoms with van der Waals surface area (Å²) in [6, 6.07) is 87.9. The number of hydrogen-bond donors (Lipinski definition) is 0. The molecule has 6 unspecified atom stereocenters. The van der Waals surface area contributed by atoms with Gasteiger partial charge in [-0.15, -0.1) is 0 Å². The molecule has 12 aromatic carbocycles. The van der Waals surface area contributed by atoms with E-state index in [0.29, 0.717) is 0 Å². The number of rotatable bonds is 7. The van der Waals surface area contributed by atoms with Gasteiger partial charge in [-0.05, 0) is 249 Å². The minimum Gasteiger partial charge on any atom is -0.334 e. The van der Waals surface area contributed by atoms with Gasteiger partial charge in [0.2, 0.25) is 0 Å². The van der Waals surface area contributed by atoms with Crippen LogP contribution < -0.4 is 14.7 Å². The summed E-state index contributed by atoms with van der Waals surface area (Å²) in [7, 11) is 0. The van der Waals surface area contributed by atoms with E-state index < -0.39 is 0 Å². The zero-order valence-electron chi connectivity index (χ0n) is 52.7. The maximum absolute atomic E-state index is 2.73. The predicted molar refractivity (Wildman–Crippen MR) is 378 cm³/mol. The third kappa shape index (κ3) is 7.06. The van der Waals surface area contributed by atoms with Crippen molar-refractivity contribution < 1.29 is 0 Å². The summed E-state index contributed by atoms with van der Waals surface area (Å²) >= 11 is 0. The first-order valence-corrected chi connectivity index (χ1v) is 33.6. The van der Waals surface area contributed by atoms with Crippen molar-refractivity contribution >= 4 is 77.2 Å². The summed E-state index contributed by atoms with van der Waals surface area (Å²) in [6.45, 7) is 15.5. The van der Waals surface area contributed by atoms with E-state index in [1.807, 2.05) is 0 Å². The van der Waals surface area contributed by atoms with Crippen molar-refractivity contribution in [2.75, 3.05) is 14.7 Å². The third-order valence-corrected chi connectivity index (χ3v) is 25.3. The van der Waals surface area contributed by atoms with Gasteiger partial charge in [0.15, 0.2) is 0 Å². The van der Waals surface area contributed by atoms with Gasteiger partial charge in [-0.1, -0.05) is 199 Å². The van der Waals surface area contributed by atoms with Crippen LogP contribution in [0.15, 0.2) is 224 Å². The Hall–Kier alpha value is -8.66. The predicted octanol–water partition coefficient (Wildman–Crippen LogP) is 23.6. The average Bonchev–Trinajstić information content (AvgIpc) is 1.65. The molecule has 0 saturated heterocycles. The zero-order chi connectivity index (χ0) is 59.8. The molecule has 12 aromatic rings. The molecule has 3 fully saturated rings. The topological polar surface area (TPSA) is 9.72 Å². The van der Waals surface area contributed by atoms with E-state index in [4.69, 9.17) is 0 Å². The molecule has 3 heteroatoms. The second kappa shape index (κ2) is 18.9. The first-order chi connectivity index (χ1) is 43.4. The van der Waals surface area contributed by atoms with E-state index in [1.54, 1.807) is 0 Å². The van der Waals surface area contributed by atoms with Crippen LogP contribution in [0.2, 0.25) is 0 Å². The zero-order valence-corrected chi connectivity index (χ0v) is 52.7. The lowest BCUT2D eigenvalue weighted by Crippen LogP contribution is -2.54. The van der Waals surface area contributed by atoms with Gasteiger partial charge in [-0.25, -0.2) is 0 Å². The van der Waals surface area contributed by atoms with Crippen molar-refractivity contribution in [2.45, 2.75) is 151 Å². The maximum Gasteiger partial charge on any atom is 0.0517 e. The highest BCUT2D eigenvalue weighted by Crippen LogP contribution is 2.65. The van der Waals surface area contributed by atoms with Crippen molar-refractivity contribution in [2.24, 2.45) is 0 Å². The minimum absolute atomic E-state index is 0.0290. The van der Waals surface area contributed by atoms with E-state index in [1.165, 1.54) is 215 Å². The van der Waals surface area contributed by atoms with Crippen LogP contribution in [0.3, 0.4) is 0 Å². The average molecular weight is 1150 g/mol. The molecule has 3 saturated carbocycles. The number of fused-ring (bicyclic) bond motifs is 10. The molecule has 0 amide bonds. The van der Waals surface area contributed by atoms with E-state index in [2.05, 4.69) is 281 Å². The lowest BCUT2D eigenvalue weighted by atomic mass is 9.61. The highest BCUT2D eigenvalue weighted by molar-refractivity contribution is 6.32. The molecule has 3 heterocycles. The van der Waals surface area contributed by atoms with Gasteiger partial charge in [0.25, 0.3) is 0 Å². The lowest BCUT2D eigenvalue weighted by molar-refractivity contribution is 0.195. The molecule has 3 nitrogen and oxygen atoms in total. The quantitative estimate of drug-likeness (QED) is 0.147. The van der Waals surface area contributed by atoms with E-state index in [9.17, 15) is 0 Å². The van der Waals surface area contributed by atoms with Crippen LogP contribution >= 0.6 is 0 Å². The third-order valence-electron chi connectivity index (χ3n) is 25.3. The van der Waals surface area contributed by atoms with Gasteiger partial charge >= 0.3 is 0 Å². The summed E-state index contributed by atoms with van der Waals surface area (Å²) in [6.07, 6.45) is 14.5. The van der Waals surface area contributed by atoms with Gasteiger partial charge in [-0.2, -0.15) is 0 Å². The minimum atomic E-state index is -0.0536. The summed E-state index contributed by atoms with van der Waals surface area (Å²) < 4.78 is 0. The molecular weight excluding hydrogens is 1070 g/mol. The molecule has 0 N–H and O–H groups in total. The Balaban J connectivity index is 0.931. The molecule has 3 aliphatic carbocycles. The number of para-hydroxylation sites is 3. The van der Waals surface area contributed by atoms with Gasteiger partial charge in [0, 0.05) is 50.4 Å². The van der Waals surface area contributed by atoms with Crippen LogP contribution in [0, 0.1) is 0 Å². The highest BCUT2D eigenvalue weighted by Gasteiger charge is 2.60. The second-order valence-electron chi connectivity index (χ2n) is 29.2. The van der Waals surface area contributed by atoms with Crippen LogP contribution in [-0.4, -0.2) is 16.6 Å². The maximum atomic E-state index is 2.73.